The molecule has 6 N–H and O–H groups in total. The van der Waals surface area contributed by atoms with E-state index in [2.05, 4.69) is 5.32 Å². The summed E-state index contributed by atoms with van der Waals surface area (Å²) >= 11 is 0. The van der Waals surface area contributed by atoms with Crippen LogP contribution in [0.25, 0.3) is 10.9 Å². The molecule has 0 saturated heterocycles. The maximum atomic E-state index is 10.6. The fourth-order valence-corrected chi connectivity index (χ4v) is 5.18. The molecular weight excluding hydrogens is 388 g/mol. The molecule has 3 aromatic rings. The van der Waals surface area contributed by atoms with Crippen molar-refractivity contribution in [2.45, 2.75) is 17.9 Å². The number of anilines is 2. The molecule has 29 heavy (non-hydrogen) atoms. The zero-order valence-corrected chi connectivity index (χ0v) is 16.9. The summed E-state index contributed by atoms with van der Waals surface area (Å²) in [4.78, 5) is 7.34. The second-order valence-corrected chi connectivity index (χ2v) is 9.35. The summed E-state index contributed by atoms with van der Waals surface area (Å²) in [6.07, 6.45) is 0.829. The van der Waals surface area contributed by atoms with Crippen LogP contribution >= 0.6 is 10.6 Å². The molecule has 4 rings (SSSR count). The highest BCUT2D eigenvalue weighted by atomic mass is 32.3. The van der Waals surface area contributed by atoms with E-state index in [-0.39, 0.29) is 11.5 Å². The van der Waals surface area contributed by atoms with E-state index in [4.69, 9.17) is 10.7 Å². The van der Waals surface area contributed by atoms with E-state index < -0.39 is 10.6 Å². The number of aromatic nitrogens is 1. The van der Waals surface area contributed by atoms with Crippen LogP contribution in [0.1, 0.15) is 12.0 Å². The van der Waals surface area contributed by atoms with Crippen molar-refractivity contribution in [2.75, 3.05) is 35.6 Å². The fraction of sp³-hybridized carbons (Fsp3) is 0.286. The molecular formula is C21H26N4O3S. The highest BCUT2D eigenvalue weighted by Crippen LogP contribution is 2.51. The molecule has 7 nitrogen and oxygen atoms in total. The van der Waals surface area contributed by atoms with E-state index in [1.54, 1.807) is 18.2 Å². The van der Waals surface area contributed by atoms with Crippen molar-refractivity contribution < 1.29 is 14.2 Å². The first-order valence-electron chi connectivity index (χ1n) is 9.65. The van der Waals surface area contributed by atoms with Gasteiger partial charge in [-0.1, -0.05) is 30.3 Å². The first-order chi connectivity index (χ1) is 14.0. The number of aromatic hydroxyl groups is 1. The summed E-state index contributed by atoms with van der Waals surface area (Å²) in [6.45, 7) is 2.27. The van der Waals surface area contributed by atoms with Gasteiger partial charge in [0.1, 0.15) is 17.1 Å². The predicted octanol–water partition coefficient (Wildman–Crippen LogP) is 3.83. The molecule has 0 saturated carbocycles. The number of phenols is 1. The number of nitrogens with zero attached hydrogens (tertiary/aromatic N) is 2. The Hall–Kier alpha value is -2.52. The number of pyridine rings is 1. The summed E-state index contributed by atoms with van der Waals surface area (Å²) in [5.41, 5.74) is 7.89. The van der Waals surface area contributed by atoms with Crippen LogP contribution in [-0.4, -0.2) is 44.6 Å². The Morgan fingerprint density at radius 2 is 1.97 bits per heavy atom. The van der Waals surface area contributed by atoms with E-state index in [0.29, 0.717) is 42.4 Å². The van der Waals surface area contributed by atoms with Crippen LogP contribution < -0.4 is 16.0 Å². The van der Waals surface area contributed by atoms with Crippen molar-refractivity contribution in [3.05, 3.63) is 54.1 Å². The fourth-order valence-electron chi connectivity index (χ4n) is 3.63. The van der Waals surface area contributed by atoms with Crippen molar-refractivity contribution in [3.63, 3.8) is 0 Å². The van der Waals surface area contributed by atoms with Gasteiger partial charge in [-0.05, 0) is 30.7 Å². The lowest BCUT2D eigenvalue weighted by Gasteiger charge is -2.32. The van der Waals surface area contributed by atoms with Crippen molar-refractivity contribution in [2.24, 2.45) is 5.73 Å². The number of para-hydroxylation sites is 1. The maximum absolute atomic E-state index is 10.6. The Labute approximate surface area is 171 Å². The molecule has 2 aromatic carbocycles. The third kappa shape index (κ3) is 3.97. The van der Waals surface area contributed by atoms with Gasteiger partial charge in [0.25, 0.3) is 0 Å². The van der Waals surface area contributed by atoms with Gasteiger partial charge in [-0.25, -0.2) is 4.98 Å². The van der Waals surface area contributed by atoms with Gasteiger partial charge < -0.3 is 21.1 Å². The van der Waals surface area contributed by atoms with Crippen LogP contribution in [0.2, 0.25) is 0 Å². The van der Waals surface area contributed by atoms with Crippen LogP contribution in [0.4, 0.5) is 11.5 Å². The lowest BCUT2D eigenvalue weighted by molar-refractivity contribution is 0.480. The average molecular weight is 415 g/mol. The monoisotopic (exact) mass is 414 g/mol. The summed E-state index contributed by atoms with van der Waals surface area (Å²) in [5, 5.41) is 14.6. The smallest absolute Gasteiger partial charge is 0.141 e. The van der Waals surface area contributed by atoms with Gasteiger partial charge >= 0.3 is 0 Å². The van der Waals surface area contributed by atoms with Gasteiger partial charge in [-0.3, -0.25) is 9.11 Å². The van der Waals surface area contributed by atoms with E-state index in [1.807, 2.05) is 35.2 Å². The topological polar surface area (TPSA) is 115 Å². The number of hydrogen-bond acceptors (Lipinski definition) is 7. The van der Waals surface area contributed by atoms with E-state index in [1.165, 1.54) is 0 Å². The summed E-state index contributed by atoms with van der Waals surface area (Å²) < 4.78 is 21.2. The zero-order valence-electron chi connectivity index (χ0n) is 16.1. The van der Waals surface area contributed by atoms with Gasteiger partial charge in [0, 0.05) is 36.8 Å². The average Bonchev–Trinajstić information content (AvgIpc) is 2.85. The molecule has 0 aliphatic carbocycles. The number of fused-ring (bicyclic) bond motifs is 2. The van der Waals surface area contributed by atoms with E-state index in [0.717, 1.165) is 23.1 Å². The molecule has 0 unspecified atom stereocenters. The number of rotatable bonds is 5. The Morgan fingerprint density at radius 3 is 2.79 bits per heavy atom. The third-order valence-electron chi connectivity index (χ3n) is 5.16. The highest BCUT2D eigenvalue weighted by molar-refractivity contribution is 8.24. The largest absolute Gasteiger partial charge is 0.506 e. The van der Waals surface area contributed by atoms with Crippen molar-refractivity contribution >= 4 is 33.0 Å². The minimum atomic E-state index is -2.85. The van der Waals surface area contributed by atoms with Crippen LogP contribution in [0.3, 0.4) is 0 Å². The van der Waals surface area contributed by atoms with Crippen LogP contribution in [-0.2, 0) is 6.54 Å². The zero-order chi connectivity index (χ0) is 20.4. The van der Waals surface area contributed by atoms with Gasteiger partial charge in [-0.2, -0.15) is 10.6 Å². The third-order valence-corrected chi connectivity index (χ3v) is 7.01. The van der Waals surface area contributed by atoms with E-state index >= 15 is 0 Å². The molecule has 0 bridgehead atoms. The van der Waals surface area contributed by atoms with Gasteiger partial charge in [0.15, 0.2) is 0 Å². The second kappa shape index (κ2) is 8.08. The van der Waals surface area contributed by atoms with Crippen LogP contribution in [0.5, 0.6) is 5.75 Å². The molecule has 1 aliphatic rings. The molecule has 1 aromatic heterocycles. The van der Waals surface area contributed by atoms with Crippen molar-refractivity contribution in [1.82, 2.24) is 4.98 Å². The molecule has 0 amide bonds. The lowest BCUT2D eigenvalue weighted by Crippen LogP contribution is -2.26. The number of hydrogen-bond donors (Lipinski definition) is 5. The number of benzene rings is 2. The minimum Gasteiger partial charge on any atom is -0.506 e. The first kappa shape index (κ1) is 19.8. The molecule has 154 valence electrons. The lowest BCUT2D eigenvalue weighted by atomic mass is 10.1. The minimum absolute atomic E-state index is 0.116. The molecule has 1 aliphatic heterocycles. The Kier molecular flexibility index (Phi) is 5.51. The van der Waals surface area contributed by atoms with Gasteiger partial charge in [0.2, 0.25) is 0 Å². The first-order valence-corrected chi connectivity index (χ1v) is 11.4. The predicted molar refractivity (Wildman–Crippen MR) is 119 cm³/mol. The SMILES string of the molecule is NCCCNc1cc(N2CCS(O)(O)c3ccccc3C2)nc2c(O)cccc12. The maximum Gasteiger partial charge on any atom is 0.141 e. The molecule has 0 radical (unpaired) electrons. The molecule has 2 heterocycles. The standard InChI is InChI=1S/C21H26N4O3S/c22-9-4-10-23-17-13-20(24-21-16(17)6-3-7-18(21)26)25-11-12-29(27,28)19-8-2-1-5-15(19)14-25/h1-3,5-8,13,26-28H,4,9-12,14,22H2,(H,23,24). The highest BCUT2D eigenvalue weighted by Gasteiger charge is 2.26. The van der Waals surface area contributed by atoms with Crippen LogP contribution in [0.15, 0.2) is 53.4 Å². The summed E-state index contributed by atoms with van der Waals surface area (Å²) in [6, 6.07) is 14.7. The summed E-state index contributed by atoms with van der Waals surface area (Å²) in [5.74, 6) is 1.03. The number of nitrogens with one attached hydrogen (secondary N) is 1. The molecule has 8 heteroatoms. The molecule has 0 atom stereocenters. The molecule has 0 spiro atoms. The quantitative estimate of drug-likeness (QED) is 0.403. The normalized spacial score (nSPS) is 16.9. The van der Waals surface area contributed by atoms with Crippen molar-refractivity contribution in [1.29, 1.82) is 0 Å². The Bertz CT molecular complexity index is 1030. The van der Waals surface area contributed by atoms with Crippen molar-refractivity contribution in [3.8, 4) is 5.75 Å². The van der Waals surface area contributed by atoms with Gasteiger partial charge in [0.05, 0.1) is 10.6 Å². The van der Waals surface area contributed by atoms with E-state index in [9.17, 15) is 14.2 Å². The number of phenolic OH excluding ortho intramolecular Hbond substituents is 1. The Morgan fingerprint density at radius 1 is 1.14 bits per heavy atom. The van der Waals surface area contributed by atoms with Crippen LogP contribution in [0, 0.1) is 0 Å². The Balaban J connectivity index is 1.76. The summed E-state index contributed by atoms with van der Waals surface area (Å²) in [7, 11) is -2.85. The second-order valence-electron chi connectivity index (χ2n) is 7.17. The number of nitrogens with two attached hydrogens (primary N) is 1. The van der Waals surface area contributed by atoms with Gasteiger partial charge in [-0.15, -0.1) is 0 Å². The molecule has 0 fully saturated rings.